The number of benzene rings is 1. The number of aliphatic hydroxyl groups excluding tert-OH is 1. The van der Waals surface area contributed by atoms with Gasteiger partial charge in [0.15, 0.2) is 0 Å². The smallest absolute Gasteiger partial charge is 0.391 e. The predicted molar refractivity (Wildman–Crippen MR) is 76.1 cm³/mol. The number of hydrogen-bond donors (Lipinski definition) is 2. The maximum atomic E-state index is 12.2. The summed E-state index contributed by atoms with van der Waals surface area (Å²) in [7, 11) is 0. The highest BCUT2D eigenvalue weighted by atomic mass is 32.2. The SMILES string of the molecule is CC(C)CC(O)CNC(=O)c1ccc(SC(F)(F)F)cc1. The van der Waals surface area contributed by atoms with Gasteiger partial charge < -0.3 is 10.4 Å². The van der Waals surface area contributed by atoms with Gasteiger partial charge in [0.25, 0.3) is 5.91 Å². The molecule has 0 heterocycles. The maximum absolute atomic E-state index is 12.2. The number of alkyl halides is 3. The number of hydrogen-bond acceptors (Lipinski definition) is 3. The monoisotopic (exact) mass is 321 g/mol. The molecule has 1 aromatic rings. The minimum atomic E-state index is -4.34. The van der Waals surface area contributed by atoms with E-state index in [1.807, 2.05) is 13.8 Å². The van der Waals surface area contributed by atoms with Gasteiger partial charge in [0.05, 0.1) is 6.10 Å². The van der Waals surface area contributed by atoms with Crippen molar-refractivity contribution < 1.29 is 23.1 Å². The van der Waals surface area contributed by atoms with Gasteiger partial charge in [0.1, 0.15) is 0 Å². The largest absolute Gasteiger partial charge is 0.446 e. The summed E-state index contributed by atoms with van der Waals surface area (Å²) < 4.78 is 36.5. The summed E-state index contributed by atoms with van der Waals surface area (Å²) in [5.74, 6) is -0.100. The van der Waals surface area contributed by atoms with Gasteiger partial charge in [0, 0.05) is 17.0 Å². The molecule has 1 amide bonds. The van der Waals surface area contributed by atoms with E-state index >= 15 is 0 Å². The number of amides is 1. The fraction of sp³-hybridized carbons (Fsp3) is 0.500. The molecule has 0 aliphatic carbocycles. The second kappa shape index (κ2) is 7.70. The van der Waals surface area contributed by atoms with E-state index in [1.54, 1.807) is 0 Å². The molecule has 0 fully saturated rings. The second-order valence-corrected chi connectivity index (χ2v) is 6.20. The topological polar surface area (TPSA) is 49.3 Å². The Morgan fingerprint density at radius 1 is 1.29 bits per heavy atom. The average Bonchev–Trinajstić information content (AvgIpc) is 2.34. The summed E-state index contributed by atoms with van der Waals surface area (Å²) in [5, 5.41) is 12.2. The lowest BCUT2D eigenvalue weighted by Gasteiger charge is -2.14. The zero-order valence-electron chi connectivity index (χ0n) is 11.8. The first-order chi connectivity index (χ1) is 9.67. The van der Waals surface area contributed by atoms with Crippen LogP contribution in [0.4, 0.5) is 13.2 Å². The minimum Gasteiger partial charge on any atom is -0.391 e. The Morgan fingerprint density at radius 3 is 2.33 bits per heavy atom. The Morgan fingerprint density at radius 2 is 1.86 bits per heavy atom. The van der Waals surface area contributed by atoms with E-state index in [0.717, 1.165) is 0 Å². The molecule has 7 heteroatoms. The van der Waals surface area contributed by atoms with Crippen molar-refractivity contribution in [3.05, 3.63) is 29.8 Å². The first-order valence-corrected chi connectivity index (χ1v) is 7.31. The van der Waals surface area contributed by atoms with Crippen molar-refractivity contribution >= 4 is 17.7 Å². The molecule has 0 saturated heterocycles. The number of carbonyl (C=O) groups excluding carboxylic acids is 1. The summed E-state index contributed by atoms with van der Waals surface area (Å²) in [6.07, 6.45) is -0.0597. The van der Waals surface area contributed by atoms with Gasteiger partial charge in [-0.05, 0) is 48.4 Å². The van der Waals surface area contributed by atoms with Crippen LogP contribution in [0.3, 0.4) is 0 Å². The van der Waals surface area contributed by atoms with E-state index in [-0.39, 0.29) is 28.8 Å². The molecule has 0 aliphatic rings. The van der Waals surface area contributed by atoms with Crippen LogP contribution in [-0.4, -0.2) is 29.2 Å². The summed E-state index contributed by atoms with van der Waals surface area (Å²) in [6, 6.07) is 5.16. The molecule has 2 N–H and O–H groups in total. The summed E-state index contributed by atoms with van der Waals surface area (Å²) in [5.41, 5.74) is -4.08. The standard InChI is InChI=1S/C14H18F3NO2S/c1-9(2)7-11(19)8-18-13(20)10-3-5-12(6-4-10)21-14(15,16)17/h3-6,9,11,19H,7-8H2,1-2H3,(H,18,20). The van der Waals surface area contributed by atoms with Crippen molar-refractivity contribution in [2.75, 3.05) is 6.54 Å². The highest BCUT2D eigenvalue weighted by Crippen LogP contribution is 2.36. The van der Waals surface area contributed by atoms with Crippen LogP contribution >= 0.6 is 11.8 Å². The van der Waals surface area contributed by atoms with Gasteiger partial charge in [0.2, 0.25) is 0 Å². The third-order valence-corrected chi connectivity index (χ3v) is 3.33. The highest BCUT2D eigenvalue weighted by molar-refractivity contribution is 8.00. The molecule has 1 atom stereocenters. The molecule has 3 nitrogen and oxygen atoms in total. The third kappa shape index (κ3) is 7.38. The Kier molecular flexibility index (Phi) is 6.54. The fourth-order valence-corrected chi connectivity index (χ4v) is 2.29. The van der Waals surface area contributed by atoms with Crippen molar-refractivity contribution in [2.45, 2.75) is 36.8 Å². The van der Waals surface area contributed by atoms with Crippen LogP contribution in [0.15, 0.2) is 29.2 Å². The molecule has 0 spiro atoms. The third-order valence-electron chi connectivity index (χ3n) is 2.59. The van der Waals surface area contributed by atoms with Crippen molar-refractivity contribution in [1.82, 2.24) is 5.32 Å². The van der Waals surface area contributed by atoms with E-state index in [0.29, 0.717) is 12.3 Å². The Labute approximate surface area is 125 Å². The van der Waals surface area contributed by atoms with Crippen molar-refractivity contribution in [2.24, 2.45) is 5.92 Å². The molecule has 0 aliphatic heterocycles. The van der Waals surface area contributed by atoms with Gasteiger partial charge in [-0.3, -0.25) is 4.79 Å². The normalized spacial score (nSPS) is 13.3. The maximum Gasteiger partial charge on any atom is 0.446 e. The van der Waals surface area contributed by atoms with Crippen LogP contribution in [0, 0.1) is 5.92 Å². The van der Waals surface area contributed by atoms with E-state index in [9.17, 15) is 23.1 Å². The molecule has 0 saturated carbocycles. The zero-order valence-corrected chi connectivity index (χ0v) is 12.6. The number of carbonyl (C=O) groups is 1. The fourth-order valence-electron chi connectivity index (χ4n) is 1.75. The van der Waals surface area contributed by atoms with Crippen LogP contribution in [0.25, 0.3) is 0 Å². The lowest BCUT2D eigenvalue weighted by molar-refractivity contribution is -0.0328. The van der Waals surface area contributed by atoms with Gasteiger partial charge in [-0.15, -0.1) is 0 Å². The van der Waals surface area contributed by atoms with E-state index in [4.69, 9.17) is 0 Å². The molecule has 1 rings (SSSR count). The Balaban J connectivity index is 2.52. The predicted octanol–water partition coefficient (Wildman–Crippen LogP) is 3.44. The zero-order chi connectivity index (χ0) is 16.0. The first-order valence-electron chi connectivity index (χ1n) is 6.49. The van der Waals surface area contributed by atoms with Crippen LogP contribution in [-0.2, 0) is 0 Å². The van der Waals surface area contributed by atoms with Gasteiger partial charge >= 0.3 is 5.51 Å². The summed E-state index contributed by atoms with van der Waals surface area (Å²) in [4.78, 5) is 11.8. The number of halogens is 3. The molecule has 0 bridgehead atoms. The lowest BCUT2D eigenvalue weighted by atomic mass is 10.1. The molecule has 1 unspecified atom stereocenters. The van der Waals surface area contributed by atoms with Crippen molar-refractivity contribution in [3.63, 3.8) is 0 Å². The van der Waals surface area contributed by atoms with Gasteiger partial charge in [-0.2, -0.15) is 13.2 Å². The molecular weight excluding hydrogens is 303 g/mol. The average molecular weight is 321 g/mol. The van der Waals surface area contributed by atoms with Gasteiger partial charge in [-0.1, -0.05) is 13.8 Å². The van der Waals surface area contributed by atoms with Crippen molar-refractivity contribution in [1.29, 1.82) is 0 Å². The number of thioether (sulfide) groups is 1. The first kappa shape index (κ1) is 17.8. The molecule has 21 heavy (non-hydrogen) atoms. The van der Waals surface area contributed by atoms with Gasteiger partial charge in [-0.25, -0.2) is 0 Å². The van der Waals surface area contributed by atoms with Crippen LogP contribution in [0.1, 0.15) is 30.6 Å². The number of aliphatic hydroxyl groups is 1. The molecule has 0 radical (unpaired) electrons. The minimum absolute atomic E-state index is 0.0268. The Bertz CT molecular complexity index is 460. The summed E-state index contributed by atoms with van der Waals surface area (Å²) in [6.45, 7) is 4.04. The van der Waals surface area contributed by atoms with E-state index in [2.05, 4.69) is 5.32 Å². The van der Waals surface area contributed by atoms with E-state index < -0.39 is 17.5 Å². The lowest BCUT2D eigenvalue weighted by Crippen LogP contribution is -2.32. The quantitative estimate of drug-likeness (QED) is 0.789. The van der Waals surface area contributed by atoms with Crippen molar-refractivity contribution in [3.8, 4) is 0 Å². The summed E-state index contributed by atoms with van der Waals surface area (Å²) >= 11 is -0.225. The number of rotatable bonds is 6. The molecule has 118 valence electrons. The Hall–Kier alpha value is -1.21. The number of nitrogens with one attached hydrogen (secondary N) is 1. The molecular formula is C14H18F3NO2S. The second-order valence-electron chi connectivity index (χ2n) is 5.07. The van der Waals surface area contributed by atoms with E-state index in [1.165, 1.54) is 24.3 Å². The van der Waals surface area contributed by atoms with Crippen LogP contribution < -0.4 is 5.32 Å². The molecule has 1 aromatic carbocycles. The van der Waals surface area contributed by atoms with Crippen LogP contribution in [0.2, 0.25) is 0 Å². The molecule has 0 aromatic heterocycles. The highest BCUT2D eigenvalue weighted by Gasteiger charge is 2.29. The van der Waals surface area contributed by atoms with Crippen LogP contribution in [0.5, 0.6) is 0 Å².